The Labute approximate surface area is 171 Å². The first-order valence-corrected chi connectivity index (χ1v) is 10.1. The quantitative estimate of drug-likeness (QED) is 0.744. The average Bonchev–Trinajstić information content (AvgIpc) is 2.74. The topological polar surface area (TPSA) is 56.4 Å². The van der Waals surface area contributed by atoms with Gasteiger partial charge in [-0.15, -0.1) is 0 Å². The van der Waals surface area contributed by atoms with Crippen molar-refractivity contribution in [1.82, 2.24) is 14.8 Å². The van der Waals surface area contributed by atoms with E-state index in [1.165, 1.54) is 0 Å². The monoisotopic (exact) mass is 389 g/mol. The number of aryl methyl sites for hydroxylation is 1. The molecule has 1 saturated heterocycles. The number of hydrogen-bond acceptors (Lipinski definition) is 3. The zero-order valence-electron chi connectivity index (χ0n) is 17.2. The average molecular weight is 389 g/mol. The second-order valence-electron chi connectivity index (χ2n) is 8.08. The lowest BCUT2D eigenvalue weighted by Crippen LogP contribution is -2.44. The number of likely N-dealkylation sites (tertiary alicyclic amines) is 1. The Morgan fingerprint density at radius 2 is 1.76 bits per heavy atom. The number of nitrogens with zero attached hydrogens (tertiary/aromatic N) is 2. The third-order valence-electron chi connectivity index (χ3n) is 6.10. The molecule has 1 aromatic heterocycles. The minimum absolute atomic E-state index is 0.0500. The van der Waals surface area contributed by atoms with Crippen LogP contribution in [-0.4, -0.2) is 53.9 Å². The molecular weight excluding hydrogens is 362 g/mol. The Kier molecular flexibility index (Phi) is 5.24. The molecule has 0 unspecified atom stereocenters. The van der Waals surface area contributed by atoms with Crippen molar-refractivity contribution >= 4 is 16.7 Å². The van der Waals surface area contributed by atoms with Crippen molar-refractivity contribution in [3.63, 3.8) is 0 Å². The Morgan fingerprint density at radius 1 is 1.07 bits per heavy atom. The van der Waals surface area contributed by atoms with Crippen molar-refractivity contribution in [1.29, 1.82) is 0 Å². The minimum atomic E-state index is -0.0941. The van der Waals surface area contributed by atoms with Crippen molar-refractivity contribution in [3.8, 4) is 11.3 Å². The van der Waals surface area contributed by atoms with E-state index in [1.54, 1.807) is 0 Å². The molecular formula is C24H27N3O2. The number of piperidine rings is 1. The van der Waals surface area contributed by atoms with Crippen LogP contribution >= 0.6 is 0 Å². The van der Waals surface area contributed by atoms with Gasteiger partial charge in [-0.3, -0.25) is 9.59 Å². The summed E-state index contributed by atoms with van der Waals surface area (Å²) >= 11 is 0. The Hall–Kier alpha value is -2.92. The molecule has 1 aliphatic rings. The van der Waals surface area contributed by atoms with E-state index in [1.807, 2.05) is 67.4 Å². The number of aromatic nitrogens is 1. The molecule has 0 saturated carbocycles. The summed E-state index contributed by atoms with van der Waals surface area (Å²) in [4.78, 5) is 32.5. The maximum Gasteiger partial charge on any atom is 0.256 e. The molecule has 150 valence electrons. The molecule has 1 aliphatic heterocycles. The molecule has 5 heteroatoms. The molecule has 0 aliphatic carbocycles. The number of nitrogens with one attached hydrogen (secondary N) is 1. The molecule has 0 bridgehead atoms. The van der Waals surface area contributed by atoms with Crippen molar-refractivity contribution in [2.24, 2.45) is 0 Å². The number of carbonyl (C=O) groups excluding carboxylic acids is 1. The van der Waals surface area contributed by atoms with Gasteiger partial charge in [0, 0.05) is 29.7 Å². The number of carbonyl (C=O) groups is 1. The van der Waals surface area contributed by atoms with Gasteiger partial charge in [-0.25, -0.2) is 0 Å². The van der Waals surface area contributed by atoms with E-state index in [0.717, 1.165) is 48.1 Å². The van der Waals surface area contributed by atoms with Gasteiger partial charge in [0.15, 0.2) is 0 Å². The molecule has 2 heterocycles. The van der Waals surface area contributed by atoms with Crippen LogP contribution < -0.4 is 5.56 Å². The molecule has 2 aromatic carbocycles. The van der Waals surface area contributed by atoms with E-state index in [2.05, 4.69) is 16.9 Å². The van der Waals surface area contributed by atoms with E-state index >= 15 is 0 Å². The van der Waals surface area contributed by atoms with E-state index in [9.17, 15) is 9.59 Å². The van der Waals surface area contributed by atoms with Gasteiger partial charge in [-0.1, -0.05) is 24.3 Å². The highest BCUT2D eigenvalue weighted by Crippen LogP contribution is 2.23. The molecule has 5 nitrogen and oxygen atoms in total. The summed E-state index contributed by atoms with van der Waals surface area (Å²) in [6.45, 7) is 4.05. The molecule has 0 atom stereocenters. The van der Waals surface area contributed by atoms with Crippen LogP contribution in [0.3, 0.4) is 0 Å². The SMILES string of the molecule is Cc1cccc2c(=O)[nH]c(-c3ccc(C(=O)N(C)C4CCN(C)CC4)cc3)cc12. The van der Waals surface area contributed by atoms with Crippen LogP contribution in [0.15, 0.2) is 53.3 Å². The number of pyridine rings is 1. The van der Waals surface area contributed by atoms with Gasteiger partial charge in [-0.2, -0.15) is 0 Å². The molecule has 0 radical (unpaired) electrons. The zero-order chi connectivity index (χ0) is 20.5. The van der Waals surface area contributed by atoms with Crippen LogP contribution in [0.5, 0.6) is 0 Å². The maximum absolute atomic E-state index is 12.9. The number of rotatable bonds is 3. The van der Waals surface area contributed by atoms with Crippen molar-refractivity contribution < 1.29 is 4.79 Å². The van der Waals surface area contributed by atoms with Gasteiger partial charge < -0.3 is 14.8 Å². The number of H-pyrrole nitrogens is 1. The highest BCUT2D eigenvalue weighted by atomic mass is 16.2. The van der Waals surface area contributed by atoms with Crippen LogP contribution in [0, 0.1) is 6.92 Å². The van der Waals surface area contributed by atoms with E-state index in [-0.39, 0.29) is 17.5 Å². The number of hydrogen-bond donors (Lipinski definition) is 1. The Morgan fingerprint density at radius 3 is 2.45 bits per heavy atom. The summed E-state index contributed by atoms with van der Waals surface area (Å²) in [5, 5.41) is 1.65. The van der Waals surface area contributed by atoms with E-state index < -0.39 is 0 Å². The van der Waals surface area contributed by atoms with E-state index in [0.29, 0.717) is 10.9 Å². The number of benzene rings is 2. The standard InChI is InChI=1S/C24H27N3O2/c1-16-5-4-6-20-21(16)15-22(25-23(20)28)17-7-9-18(10-8-17)24(29)27(3)19-11-13-26(2)14-12-19/h4-10,15,19H,11-14H2,1-3H3,(H,25,28). The summed E-state index contributed by atoms with van der Waals surface area (Å²) in [6.07, 6.45) is 2.02. The summed E-state index contributed by atoms with van der Waals surface area (Å²) in [5.74, 6) is 0.0500. The highest BCUT2D eigenvalue weighted by molar-refractivity contribution is 5.95. The van der Waals surface area contributed by atoms with Gasteiger partial charge in [-0.05, 0) is 80.7 Å². The van der Waals surface area contributed by atoms with Crippen LogP contribution in [0.25, 0.3) is 22.0 Å². The maximum atomic E-state index is 12.9. The lowest BCUT2D eigenvalue weighted by Gasteiger charge is -2.35. The summed E-state index contributed by atoms with van der Waals surface area (Å²) in [7, 11) is 4.02. The van der Waals surface area contributed by atoms with Crippen molar-refractivity contribution in [3.05, 3.63) is 70.0 Å². The predicted molar refractivity (Wildman–Crippen MR) is 117 cm³/mol. The number of aromatic amines is 1. The molecule has 0 spiro atoms. The lowest BCUT2D eigenvalue weighted by molar-refractivity contribution is 0.0659. The zero-order valence-corrected chi connectivity index (χ0v) is 17.2. The summed E-state index contributed by atoms with van der Waals surface area (Å²) in [6, 6.07) is 15.6. The summed E-state index contributed by atoms with van der Waals surface area (Å²) in [5.41, 5.74) is 3.31. The first-order chi connectivity index (χ1) is 13.9. The second kappa shape index (κ2) is 7.84. The Bertz CT molecular complexity index is 1090. The van der Waals surface area contributed by atoms with Crippen LogP contribution in [0.1, 0.15) is 28.8 Å². The van der Waals surface area contributed by atoms with Gasteiger partial charge in [0.1, 0.15) is 0 Å². The highest BCUT2D eigenvalue weighted by Gasteiger charge is 2.24. The van der Waals surface area contributed by atoms with Crippen LogP contribution in [-0.2, 0) is 0 Å². The number of amides is 1. The minimum Gasteiger partial charge on any atom is -0.339 e. The first-order valence-electron chi connectivity index (χ1n) is 10.1. The first kappa shape index (κ1) is 19.4. The normalized spacial score (nSPS) is 15.6. The Balaban J connectivity index is 1.58. The van der Waals surface area contributed by atoms with E-state index in [4.69, 9.17) is 0 Å². The van der Waals surface area contributed by atoms with Gasteiger partial charge in [0.25, 0.3) is 11.5 Å². The van der Waals surface area contributed by atoms with Gasteiger partial charge in [0.05, 0.1) is 0 Å². The fourth-order valence-electron chi connectivity index (χ4n) is 4.14. The smallest absolute Gasteiger partial charge is 0.256 e. The largest absolute Gasteiger partial charge is 0.339 e. The lowest BCUT2D eigenvalue weighted by atomic mass is 10.0. The molecule has 1 fully saturated rings. The fourth-order valence-corrected chi connectivity index (χ4v) is 4.14. The third-order valence-corrected chi connectivity index (χ3v) is 6.10. The van der Waals surface area contributed by atoms with Crippen molar-refractivity contribution in [2.75, 3.05) is 27.2 Å². The molecule has 29 heavy (non-hydrogen) atoms. The van der Waals surface area contributed by atoms with Crippen LogP contribution in [0.4, 0.5) is 0 Å². The molecule has 1 amide bonds. The van der Waals surface area contributed by atoms with Crippen LogP contribution in [0.2, 0.25) is 0 Å². The van der Waals surface area contributed by atoms with Gasteiger partial charge >= 0.3 is 0 Å². The number of fused-ring (bicyclic) bond motifs is 1. The van der Waals surface area contributed by atoms with Gasteiger partial charge in [0.2, 0.25) is 0 Å². The van der Waals surface area contributed by atoms with Crippen molar-refractivity contribution in [2.45, 2.75) is 25.8 Å². The molecule has 3 aromatic rings. The molecule has 1 N–H and O–H groups in total. The fraction of sp³-hybridized carbons (Fsp3) is 0.333. The third kappa shape index (κ3) is 3.83. The second-order valence-corrected chi connectivity index (χ2v) is 8.08. The molecule has 4 rings (SSSR count). The predicted octanol–water partition coefficient (Wildman–Crippen LogP) is 3.67. The summed E-state index contributed by atoms with van der Waals surface area (Å²) < 4.78 is 0.